The molecular formula is C15H22ClN. The fraction of sp³-hybridized carbons (Fsp3) is 0.600. The van der Waals surface area contributed by atoms with Crippen LogP contribution in [0.25, 0.3) is 0 Å². The fourth-order valence-electron chi connectivity index (χ4n) is 2.81. The normalized spacial score (nSPS) is 26.8. The molecule has 1 aromatic rings. The molecule has 0 amide bonds. The highest BCUT2D eigenvalue weighted by molar-refractivity contribution is 6.30. The van der Waals surface area contributed by atoms with E-state index < -0.39 is 0 Å². The van der Waals surface area contributed by atoms with Crippen LogP contribution in [0.5, 0.6) is 0 Å². The molecule has 2 heteroatoms. The lowest BCUT2D eigenvalue weighted by molar-refractivity contribution is 0.285. The predicted octanol–water partition coefficient (Wildman–Crippen LogP) is 4.57. The number of nitrogens with one attached hydrogen (secondary N) is 1. The van der Waals surface area contributed by atoms with Gasteiger partial charge >= 0.3 is 0 Å². The zero-order chi connectivity index (χ0) is 12.3. The smallest absolute Gasteiger partial charge is 0.0409 e. The molecule has 1 N–H and O–H groups in total. The van der Waals surface area contributed by atoms with Gasteiger partial charge in [-0.2, -0.15) is 0 Å². The first-order valence-electron chi connectivity index (χ1n) is 6.66. The van der Waals surface area contributed by atoms with Gasteiger partial charge in [0.15, 0.2) is 0 Å². The van der Waals surface area contributed by atoms with Gasteiger partial charge in [-0.3, -0.25) is 0 Å². The average molecular weight is 252 g/mol. The van der Waals surface area contributed by atoms with Crippen molar-refractivity contribution < 1.29 is 0 Å². The number of rotatable bonds is 3. The Morgan fingerprint density at radius 3 is 2.88 bits per heavy atom. The van der Waals surface area contributed by atoms with Crippen LogP contribution in [0, 0.1) is 5.92 Å². The quantitative estimate of drug-likeness (QED) is 0.830. The summed E-state index contributed by atoms with van der Waals surface area (Å²) >= 11 is 6.03. The third-order valence-corrected chi connectivity index (χ3v) is 4.01. The summed E-state index contributed by atoms with van der Waals surface area (Å²) in [6, 6.07) is 9.23. The second-order valence-corrected chi connectivity index (χ2v) is 5.85. The van der Waals surface area contributed by atoms with Gasteiger partial charge in [-0.1, -0.05) is 43.5 Å². The molecule has 2 rings (SSSR count). The van der Waals surface area contributed by atoms with Gasteiger partial charge in [0.25, 0.3) is 0 Å². The molecule has 1 aliphatic rings. The Bertz CT molecular complexity index is 364. The van der Waals surface area contributed by atoms with Crippen molar-refractivity contribution in [2.75, 3.05) is 0 Å². The van der Waals surface area contributed by atoms with Gasteiger partial charge in [0.2, 0.25) is 0 Å². The summed E-state index contributed by atoms with van der Waals surface area (Å²) in [7, 11) is 0. The predicted molar refractivity (Wildman–Crippen MR) is 74.4 cm³/mol. The molecule has 1 aromatic carbocycles. The van der Waals surface area contributed by atoms with Crippen LogP contribution >= 0.6 is 11.6 Å². The third kappa shape index (κ3) is 3.72. The number of hydrogen-bond acceptors (Lipinski definition) is 1. The molecule has 1 nitrogen and oxygen atoms in total. The minimum atomic E-state index is 0.393. The van der Waals surface area contributed by atoms with E-state index in [0.29, 0.717) is 12.1 Å². The minimum absolute atomic E-state index is 0.393. The molecule has 0 aliphatic heterocycles. The van der Waals surface area contributed by atoms with Gasteiger partial charge < -0.3 is 5.32 Å². The molecule has 0 heterocycles. The van der Waals surface area contributed by atoms with E-state index in [4.69, 9.17) is 11.6 Å². The van der Waals surface area contributed by atoms with E-state index in [9.17, 15) is 0 Å². The SMILES string of the molecule is CC1CCCC(N[C@@H](C)c2cccc(Cl)c2)C1. The van der Waals surface area contributed by atoms with Crippen molar-refractivity contribution in [3.63, 3.8) is 0 Å². The van der Waals surface area contributed by atoms with Crippen molar-refractivity contribution in [1.82, 2.24) is 5.32 Å². The first-order chi connectivity index (χ1) is 8.15. The molecule has 1 fully saturated rings. The lowest BCUT2D eigenvalue weighted by atomic mass is 9.86. The molecular weight excluding hydrogens is 230 g/mol. The van der Waals surface area contributed by atoms with Crippen molar-refractivity contribution in [2.45, 2.75) is 51.6 Å². The Labute approximate surface area is 110 Å². The Morgan fingerprint density at radius 2 is 2.18 bits per heavy atom. The molecule has 1 aliphatic carbocycles. The maximum atomic E-state index is 6.03. The van der Waals surface area contributed by atoms with E-state index >= 15 is 0 Å². The Morgan fingerprint density at radius 1 is 1.35 bits per heavy atom. The lowest BCUT2D eigenvalue weighted by Gasteiger charge is -2.30. The molecule has 17 heavy (non-hydrogen) atoms. The maximum Gasteiger partial charge on any atom is 0.0409 e. The highest BCUT2D eigenvalue weighted by atomic mass is 35.5. The number of hydrogen-bond donors (Lipinski definition) is 1. The Kier molecular flexibility index (Phi) is 4.47. The molecule has 0 spiro atoms. The second-order valence-electron chi connectivity index (χ2n) is 5.41. The molecule has 0 radical (unpaired) electrons. The Hall–Kier alpha value is -0.530. The maximum absolute atomic E-state index is 6.03. The van der Waals surface area contributed by atoms with Crippen LogP contribution in [0.2, 0.25) is 5.02 Å². The van der Waals surface area contributed by atoms with E-state index in [1.54, 1.807) is 0 Å². The first-order valence-corrected chi connectivity index (χ1v) is 7.04. The number of halogens is 1. The van der Waals surface area contributed by atoms with E-state index in [-0.39, 0.29) is 0 Å². The van der Waals surface area contributed by atoms with Crippen LogP contribution in [-0.4, -0.2) is 6.04 Å². The summed E-state index contributed by atoms with van der Waals surface area (Å²) in [5.41, 5.74) is 1.29. The van der Waals surface area contributed by atoms with Gasteiger partial charge in [-0.15, -0.1) is 0 Å². The van der Waals surface area contributed by atoms with Crippen LogP contribution in [-0.2, 0) is 0 Å². The summed E-state index contributed by atoms with van der Waals surface area (Å²) < 4.78 is 0. The van der Waals surface area contributed by atoms with E-state index in [0.717, 1.165) is 10.9 Å². The van der Waals surface area contributed by atoms with Crippen molar-refractivity contribution >= 4 is 11.6 Å². The minimum Gasteiger partial charge on any atom is -0.307 e. The van der Waals surface area contributed by atoms with Gasteiger partial charge in [0, 0.05) is 17.1 Å². The van der Waals surface area contributed by atoms with E-state index in [2.05, 4.69) is 31.3 Å². The Balaban J connectivity index is 1.94. The van der Waals surface area contributed by atoms with Gasteiger partial charge in [0.05, 0.1) is 0 Å². The molecule has 0 saturated heterocycles. The van der Waals surface area contributed by atoms with Crippen molar-refractivity contribution in [3.05, 3.63) is 34.9 Å². The van der Waals surface area contributed by atoms with Crippen LogP contribution in [0.3, 0.4) is 0 Å². The second kappa shape index (κ2) is 5.88. The van der Waals surface area contributed by atoms with E-state index in [1.807, 2.05) is 12.1 Å². The summed E-state index contributed by atoms with van der Waals surface area (Å²) in [5.74, 6) is 0.868. The van der Waals surface area contributed by atoms with Crippen LogP contribution in [0.4, 0.5) is 0 Å². The largest absolute Gasteiger partial charge is 0.307 e. The molecule has 94 valence electrons. The summed E-state index contributed by atoms with van der Waals surface area (Å²) in [6.45, 7) is 4.59. The molecule has 1 saturated carbocycles. The molecule has 2 unspecified atom stereocenters. The van der Waals surface area contributed by atoms with Crippen LogP contribution < -0.4 is 5.32 Å². The van der Waals surface area contributed by atoms with E-state index in [1.165, 1.54) is 31.2 Å². The zero-order valence-corrected chi connectivity index (χ0v) is 11.5. The molecule has 0 bridgehead atoms. The van der Waals surface area contributed by atoms with Crippen molar-refractivity contribution in [3.8, 4) is 0 Å². The average Bonchev–Trinajstić information content (AvgIpc) is 2.29. The van der Waals surface area contributed by atoms with Gasteiger partial charge in [0.1, 0.15) is 0 Å². The summed E-state index contributed by atoms with van der Waals surface area (Å²) in [4.78, 5) is 0. The van der Waals surface area contributed by atoms with Crippen LogP contribution in [0.1, 0.15) is 51.1 Å². The first kappa shape index (κ1) is 12.9. The third-order valence-electron chi connectivity index (χ3n) is 3.77. The number of benzene rings is 1. The molecule has 3 atom stereocenters. The van der Waals surface area contributed by atoms with Gasteiger partial charge in [-0.25, -0.2) is 0 Å². The standard InChI is InChI=1S/C15H22ClN/c1-11-5-3-8-15(9-11)17-12(2)13-6-4-7-14(16)10-13/h4,6-7,10-12,15,17H,3,5,8-9H2,1-2H3/t11?,12-,15?/m0/s1. The van der Waals surface area contributed by atoms with Gasteiger partial charge in [-0.05, 0) is 43.4 Å². The highest BCUT2D eigenvalue weighted by Crippen LogP contribution is 2.26. The summed E-state index contributed by atoms with van der Waals surface area (Å²) in [6.07, 6.45) is 5.38. The van der Waals surface area contributed by atoms with Crippen LogP contribution in [0.15, 0.2) is 24.3 Å². The monoisotopic (exact) mass is 251 g/mol. The van der Waals surface area contributed by atoms with Crippen molar-refractivity contribution in [1.29, 1.82) is 0 Å². The molecule has 0 aromatic heterocycles. The van der Waals surface area contributed by atoms with Crippen molar-refractivity contribution in [2.24, 2.45) is 5.92 Å². The topological polar surface area (TPSA) is 12.0 Å². The zero-order valence-electron chi connectivity index (χ0n) is 10.7. The summed E-state index contributed by atoms with van der Waals surface area (Å²) in [5, 5.41) is 4.56. The highest BCUT2D eigenvalue weighted by Gasteiger charge is 2.20. The fourth-order valence-corrected chi connectivity index (χ4v) is 3.01. The lowest BCUT2D eigenvalue weighted by Crippen LogP contribution is -2.35.